The Bertz CT molecular complexity index is 639. The average molecular weight is 342 g/mol. The molecule has 1 aliphatic heterocycles. The molecule has 0 spiro atoms. The molecule has 1 heterocycles. The number of hydrogen-bond acceptors (Lipinski definition) is 6. The van der Waals surface area contributed by atoms with Crippen molar-refractivity contribution in [1.82, 2.24) is 4.90 Å². The van der Waals surface area contributed by atoms with E-state index < -0.39 is 21.6 Å². The van der Waals surface area contributed by atoms with Gasteiger partial charge in [0, 0.05) is 44.5 Å². The van der Waals surface area contributed by atoms with Crippen LogP contribution in [0.15, 0.2) is 24.3 Å². The van der Waals surface area contributed by atoms with Crippen LogP contribution in [0, 0.1) is 0 Å². The van der Waals surface area contributed by atoms with E-state index in [0.29, 0.717) is 6.54 Å². The van der Waals surface area contributed by atoms with E-state index in [0.717, 1.165) is 37.6 Å². The Morgan fingerprint density at radius 3 is 2.57 bits per heavy atom. The molecule has 1 aromatic carbocycles. The molecule has 23 heavy (non-hydrogen) atoms. The van der Waals surface area contributed by atoms with Crippen LogP contribution >= 0.6 is 0 Å². The number of hydrogen-bond donors (Lipinski definition) is 1. The highest BCUT2D eigenvalue weighted by Crippen LogP contribution is 2.22. The number of rotatable bonds is 7. The molecule has 0 amide bonds. The van der Waals surface area contributed by atoms with Crippen molar-refractivity contribution >= 4 is 21.5 Å². The summed E-state index contributed by atoms with van der Waals surface area (Å²) in [5.41, 5.74) is 1.09. The van der Waals surface area contributed by atoms with Gasteiger partial charge in [-0.2, -0.15) is 0 Å². The third kappa shape index (κ3) is 5.40. The molecule has 1 fully saturated rings. The van der Waals surface area contributed by atoms with E-state index in [4.69, 9.17) is 9.84 Å². The molecule has 1 aliphatic rings. The fourth-order valence-electron chi connectivity index (χ4n) is 2.57. The molecule has 8 heteroatoms. The highest BCUT2D eigenvalue weighted by atomic mass is 32.2. The van der Waals surface area contributed by atoms with Gasteiger partial charge in [0.05, 0.1) is 12.9 Å². The number of aliphatic carboxylic acids is 1. The molecule has 1 N–H and O–H groups in total. The average Bonchev–Trinajstić information content (AvgIpc) is 2.52. The first-order chi connectivity index (χ1) is 10.9. The van der Waals surface area contributed by atoms with Crippen molar-refractivity contribution in [2.24, 2.45) is 0 Å². The standard InChI is InChI=1S/C15H22N2O5S/c1-22-14-4-2-3-13(11-14)17-7-5-16(6-8-17)9-10-23(20,21)12-15(18)19/h2-4,11H,5-10,12H2,1H3,(H,18,19). The lowest BCUT2D eigenvalue weighted by atomic mass is 10.2. The predicted molar refractivity (Wildman–Crippen MR) is 87.9 cm³/mol. The van der Waals surface area contributed by atoms with Gasteiger partial charge in [-0.05, 0) is 12.1 Å². The number of ether oxygens (including phenoxy) is 1. The minimum absolute atomic E-state index is 0.113. The smallest absolute Gasteiger partial charge is 0.318 e. The van der Waals surface area contributed by atoms with Gasteiger partial charge in [0.1, 0.15) is 11.5 Å². The fourth-order valence-corrected chi connectivity index (χ4v) is 3.62. The predicted octanol–water partition coefficient (Wildman–Crippen LogP) is 0.317. The van der Waals surface area contributed by atoms with E-state index in [1.807, 2.05) is 24.3 Å². The van der Waals surface area contributed by atoms with Crippen molar-refractivity contribution in [3.63, 3.8) is 0 Å². The Labute approximate surface area is 136 Å². The first-order valence-electron chi connectivity index (χ1n) is 7.43. The lowest BCUT2D eigenvalue weighted by Crippen LogP contribution is -2.47. The monoisotopic (exact) mass is 342 g/mol. The normalized spacial score (nSPS) is 16.3. The first kappa shape index (κ1) is 17.6. The SMILES string of the molecule is COc1cccc(N2CCN(CCS(=O)(=O)CC(=O)O)CC2)c1. The topological polar surface area (TPSA) is 87.2 Å². The summed E-state index contributed by atoms with van der Waals surface area (Å²) in [7, 11) is -1.89. The van der Waals surface area contributed by atoms with E-state index in [-0.39, 0.29) is 5.75 Å². The number of piperazine rings is 1. The number of sulfone groups is 1. The second-order valence-electron chi connectivity index (χ2n) is 5.52. The molecule has 128 valence electrons. The zero-order valence-corrected chi connectivity index (χ0v) is 14.0. The number of carboxylic acid groups (broad SMARTS) is 1. The summed E-state index contributed by atoms with van der Waals surface area (Å²) in [4.78, 5) is 14.8. The molecular formula is C15H22N2O5S. The summed E-state index contributed by atoms with van der Waals surface area (Å²) in [6, 6.07) is 7.84. The summed E-state index contributed by atoms with van der Waals surface area (Å²) in [5.74, 6) is -1.40. The Kier molecular flexibility index (Phi) is 5.84. The van der Waals surface area contributed by atoms with Gasteiger partial charge in [-0.25, -0.2) is 8.42 Å². The van der Waals surface area contributed by atoms with Crippen LogP contribution in [-0.4, -0.2) is 75.7 Å². The Morgan fingerprint density at radius 1 is 1.26 bits per heavy atom. The van der Waals surface area contributed by atoms with Gasteiger partial charge in [0.15, 0.2) is 9.84 Å². The fraction of sp³-hybridized carbons (Fsp3) is 0.533. The summed E-state index contributed by atoms with van der Waals surface area (Å²) in [6.07, 6.45) is 0. The highest BCUT2D eigenvalue weighted by Gasteiger charge is 2.21. The molecule has 0 aliphatic carbocycles. The van der Waals surface area contributed by atoms with Gasteiger partial charge >= 0.3 is 5.97 Å². The summed E-state index contributed by atoms with van der Waals surface area (Å²) >= 11 is 0. The summed E-state index contributed by atoms with van der Waals surface area (Å²) in [6.45, 7) is 3.47. The van der Waals surface area contributed by atoms with Crippen molar-refractivity contribution in [3.8, 4) is 5.75 Å². The van der Waals surface area contributed by atoms with Crippen molar-refractivity contribution in [2.45, 2.75) is 0 Å². The van der Waals surface area contributed by atoms with Crippen LogP contribution in [0.4, 0.5) is 5.69 Å². The molecule has 1 saturated heterocycles. The highest BCUT2D eigenvalue weighted by molar-refractivity contribution is 7.92. The largest absolute Gasteiger partial charge is 0.497 e. The van der Waals surface area contributed by atoms with Crippen LogP contribution < -0.4 is 9.64 Å². The molecule has 7 nitrogen and oxygen atoms in total. The zero-order chi connectivity index (χ0) is 16.9. The third-order valence-corrected chi connectivity index (χ3v) is 5.34. The molecule has 1 aromatic rings. The van der Waals surface area contributed by atoms with Gasteiger partial charge in [-0.3, -0.25) is 9.69 Å². The third-order valence-electron chi connectivity index (χ3n) is 3.85. The van der Waals surface area contributed by atoms with Crippen LogP contribution in [0.2, 0.25) is 0 Å². The second kappa shape index (κ2) is 7.65. The lowest BCUT2D eigenvalue weighted by molar-refractivity contribution is -0.134. The Balaban J connectivity index is 1.83. The van der Waals surface area contributed by atoms with Crippen molar-refractivity contribution in [2.75, 3.05) is 56.2 Å². The van der Waals surface area contributed by atoms with E-state index in [2.05, 4.69) is 9.80 Å². The van der Waals surface area contributed by atoms with Gasteiger partial charge in [0.2, 0.25) is 0 Å². The zero-order valence-electron chi connectivity index (χ0n) is 13.1. The maximum Gasteiger partial charge on any atom is 0.318 e. The van der Waals surface area contributed by atoms with Crippen LogP contribution in [0.25, 0.3) is 0 Å². The first-order valence-corrected chi connectivity index (χ1v) is 9.25. The van der Waals surface area contributed by atoms with Crippen LogP contribution in [0.5, 0.6) is 5.75 Å². The molecule has 0 bridgehead atoms. The summed E-state index contributed by atoms with van der Waals surface area (Å²) in [5, 5.41) is 8.58. The number of anilines is 1. The number of benzene rings is 1. The lowest BCUT2D eigenvalue weighted by Gasteiger charge is -2.36. The van der Waals surface area contributed by atoms with Gasteiger partial charge in [-0.1, -0.05) is 6.07 Å². The molecule has 0 radical (unpaired) electrons. The second-order valence-corrected chi connectivity index (χ2v) is 7.70. The van der Waals surface area contributed by atoms with Crippen LogP contribution in [-0.2, 0) is 14.6 Å². The molecule has 0 atom stereocenters. The van der Waals surface area contributed by atoms with E-state index >= 15 is 0 Å². The molecule has 0 unspecified atom stereocenters. The molecule has 2 rings (SSSR count). The quantitative estimate of drug-likeness (QED) is 0.763. The molecule has 0 saturated carbocycles. The van der Waals surface area contributed by atoms with Crippen LogP contribution in [0.1, 0.15) is 0 Å². The number of carboxylic acids is 1. The van der Waals surface area contributed by atoms with Gasteiger partial charge in [0.25, 0.3) is 0 Å². The van der Waals surface area contributed by atoms with E-state index in [9.17, 15) is 13.2 Å². The van der Waals surface area contributed by atoms with Crippen LogP contribution in [0.3, 0.4) is 0 Å². The molecular weight excluding hydrogens is 320 g/mol. The van der Waals surface area contributed by atoms with Crippen molar-refractivity contribution in [1.29, 1.82) is 0 Å². The molecule has 0 aromatic heterocycles. The number of methoxy groups -OCH3 is 1. The van der Waals surface area contributed by atoms with E-state index in [1.54, 1.807) is 7.11 Å². The Hall–Kier alpha value is -1.80. The number of nitrogens with zero attached hydrogens (tertiary/aromatic N) is 2. The van der Waals surface area contributed by atoms with E-state index in [1.165, 1.54) is 0 Å². The van der Waals surface area contributed by atoms with Crippen molar-refractivity contribution < 1.29 is 23.1 Å². The van der Waals surface area contributed by atoms with Gasteiger partial charge in [-0.15, -0.1) is 0 Å². The number of carbonyl (C=O) groups is 1. The maximum atomic E-state index is 11.6. The minimum Gasteiger partial charge on any atom is -0.497 e. The van der Waals surface area contributed by atoms with Gasteiger partial charge < -0.3 is 14.7 Å². The summed E-state index contributed by atoms with van der Waals surface area (Å²) < 4.78 is 28.4. The van der Waals surface area contributed by atoms with Crippen molar-refractivity contribution in [3.05, 3.63) is 24.3 Å². The minimum atomic E-state index is -3.53. The Morgan fingerprint density at radius 2 is 1.96 bits per heavy atom. The maximum absolute atomic E-state index is 11.6.